The van der Waals surface area contributed by atoms with Gasteiger partial charge in [0.05, 0.1) is 5.56 Å². The minimum Gasteiger partial charge on any atom is -0.507 e. The highest BCUT2D eigenvalue weighted by molar-refractivity contribution is 6.01. The second kappa shape index (κ2) is 5.67. The Bertz CT molecular complexity index is 742. The summed E-state index contributed by atoms with van der Waals surface area (Å²) in [6.45, 7) is 0.499. The van der Waals surface area contributed by atoms with Crippen molar-refractivity contribution < 1.29 is 14.7 Å². The molecule has 1 aliphatic heterocycles. The molecule has 114 valence electrons. The van der Waals surface area contributed by atoms with Gasteiger partial charge in [-0.25, -0.2) is 0 Å². The summed E-state index contributed by atoms with van der Waals surface area (Å²) in [6.07, 6.45) is 1.06. The van der Waals surface area contributed by atoms with E-state index >= 15 is 0 Å². The van der Waals surface area contributed by atoms with E-state index < -0.39 is 0 Å². The lowest BCUT2D eigenvalue weighted by atomic mass is 10.0. The number of aromatic hydroxyl groups is 1. The number of rotatable bonds is 2. The molecule has 1 heterocycles. The number of nitrogens with zero attached hydrogens (tertiary/aromatic N) is 1. The molecule has 0 aliphatic carbocycles. The highest BCUT2D eigenvalue weighted by Gasteiger charge is 2.25. The minimum atomic E-state index is -0.309. The van der Waals surface area contributed by atoms with Crippen LogP contribution >= 0.6 is 0 Å². The first-order valence-electron chi connectivity index (χ1n) is 7.31. The van der Waals surface area contributed by atoms with Crippen LogP contribution < -0.4 is 5.32 Å². The SMILES string of the molecule is CN1CC(NC(=O)c2cc3ccccc3cc2O)CCC1=O. The first-order chi connectivity index (χ1) is 10.5. The predicted molar refractivity (Wildman–Crippen MR) is 83.7 cm³/mol. The number of phenols is 1. The van der Waals surface area contributed by atoms with Gasteiger partial charge < -0.3 is 15.3 Å². The number of likely N-dealkylation sites (N-methyl/N-ethyl adjacent to an activating group) is 1. The molecule has 22 heavy (non-hydrogen) atoms. The summed E-state index contributed by atoms with van der Waals surface area (Å²) >= 11 is 0. The van der Waals surface area contributed by atoms with Crippen molar-refractivity contribution in [3.8, 4) is 5.75 Å². The number of carbonyl (C=O) groups is 2. The van der Waals surface area contributed by atoms with Crippen molar-refractivity contribution in [2.45, 2.75) is 18.9 Å². The molecule has 5 nitrogen and oxygen atoms in total. The molecule has 2 aromatic carbocycles. The van der Waals surface area contributed by atoms with E-state index in [-0.39, 0.29) is 29.2 Å². The Kier molecular flexibility index (Phi) is 3.71. The van der Waals surface area contributed by atoms with Gasteiger partial charge in [-0.3, -0.25) is 9.59 Å². The zero-order valence-electron chi connectivity index (χ0n) is 12.4. The van der Waals surface area contributed by atoms with Gasteiger partial charge in [-0.15, -0.1) is 0 Å². The number of fused-ring (bicyclic) bond motifs is 1. The van der Waals surface area contributed by atoms with E-state index in [1.165, 1.54) is 0 Å². The summed E-state index contributed by atoms with van der Waals surface area (Å²) in [5, 5.41) is 14.8. The second-order valence-corrected chi connectivity index (χ2v) is 5.70. The molecule has 5 heteroatoms. The molecule has 0 saturated carbocycles. The molecule has 2 amide bonds. The summed E-state index contributed by atoms with van der Waals surface area (Å²) in [4.78, 5) is 25.5. The zero-order chi connectivity index (χ0) is 15.7. The lowest BCUT2D eigenvalue weighted by molar-refractivity contribution is -0.132. The van der Waals surface area contributed by atoms with Crippen molar-refractivity contribution in [1.29, 1.82) is 0 Å². The molecular formula is C17H18N2O3. The van der Waals surface area contributed by atoms with Crippen molar-refractivity contribution >= 4 is 22.6 Å². The molecule has 3 rings (SSSR count). The number of nitrogens with one attached hydrogen (secondary N) is 1. The van der Waals surface area contributed by atoms with Crippen molar-refractivity contribution in [2.75, 3.05) is 13.6 Å². The second-order valence-electron chi connectivity index (χ2n) is 5.70. The average molecular weight is 298 g/mol. The van der Waals surface area contributed by atoms with Crippen molar-refractivity contribution in [1.82, 2.24) is 10.2 Å². The quantitative estimate of drug-likeness (QED) is 0.889. The molecule has 0 spiro atoms. The number of phenolic OH excluding ortho intramolecular Hbond substituents is 1. The van der Waals surface area contributed by atoms with Gasteiger partial charge in [-0.05, 0) is 29.3 Å². The molecule has 0 bridgehead atoms. The number of likely N-dealkylation sites (tertiary alicyclic amines) is 1. The fourth-order valence-electron chi connectivity index (χ4n) is 2.80. The van der Waals surface area contributed by atoms with Gasteiger partial charge in [0.25, 0.3) is 5.91 Å². The number of piperidine rings is 1. The van der Waals surface area contributed by atoms with Crippen molar-refractivity contribution in [3.63, 3.8) is 0 Å². The topological polar surface area (TPSA) is 69.6 Å². The van der Waals surface area contributed by atoms with Crippen LogP contribution in [0.4, 0.5) is 0 Å². The average Bonchev–Trinajstić information content (AvgIpc) is 2.50. The standard InChI is InChI=1S/C17H18N2O3/c1-19-10-13(6-7-16(19)21)18-17(22)14-8-11-4-2-3-5-12(11)9-15(14)20/h2-5,8-9,13,20H,6-7,10H2,1H3,(H,18,22). The summed E-state index contributed by atoms with van der Waals surface area (Å²) in [7, 11) is 1.73. The van der Waals surface area contributed by atoms with Crippen LogP contribution in [0.15, 0.2) is 36.4 Å². The predicted octanol–water partition coefficient (Wildman–Crippen LogP) is 1.90. The normalized spacial score (nSPS) is 18.5. The zero-order valence-corrected chi connectivity index (χ0v) is 12.4. The Morgan fingerprint density at radius 3 is 2.64 bits per heavy atom. The van der Waals surface area contributed by atoms with Crippen LogP contribution in [0.2, 0.25) is 0 Å². The number of benzene rings is 2. The highest BCUT2D eigenvalue weighted by atomic mass is 16.3. The van der Waals surface area contributed by atoms with E-state index in [0.717, 1.165) is 10.8 Å². The fraction of sp³-hybridized carbons (Fsp3) is 0.294. The van der Waals surface area contributed by atoms with Crippen LogP contribution in [0.25, 0.3) is 10.8 Å². The fourth-order valence-corrected chi connectivity index (χ4v) is 2.80. The lowest BCUT2D eigenvalue weighted by Gasteiger charge is -2.30. The third kappa shape index (κ3) is 2.74. The Hall–Kier alpha value is -2.56. The Morgan fingerprint density at radius 1 is 1.27 bits per heavy atom. The Labute approximate surface area is 128 Å². The van der Waals surface area contributed by atoms with Gasteiger partial charge in [0, 0.05) is 26.1 Å². The summed E-state index contributed by atoms with van der Waals surface area (Å²) in [6, 6.07) is 10.8. The summed E-state index contributed by atoms with van der Waals surface area (Å²) in [5.41, 5.74) is 0.262. The van der Waals surface area contributed by atoms with Crippen LogP contribution in [0.3, 0.4) is 0 Å². The number of amides is 2. The van der Waals surface area contributed by atoms with Crippen LogP contribution in [0.1, 0.15) is 23.2 Å². The monoisotopic (exact) mass is 298 g/mol. The number of hydrogen-bond acceptors (Lipinski definition) is 3. The summed E-state index contributed by atoms with van der Waals surface area (Å²) in [5.74, 6) is -0.244. The Morgan fingerprint density at radius 2 is 1.95 bits per heavy atom. The maximum atomic E-state index is 12.4. The minimum absolute atomic E-state index is 0.0311. The van der Waals surface area contributed by atoms with E-state index in [2.05, 4.69) is 5.32 Å². The van der Waals surface area contributed by atoms with Gasteiger partial charge in [-0.1, -0.05) is 24.3 Å². The maximum Gasteiger partial charge on any atom is 0.255 e. The van der Waals surface area contributed by atoms with E-state index in [0.29, 0.717) is 19.4 Å². The van der Waals surface area contributed by atoms with Gasteiger partial charge >= 0.3 is 0 Å². The van der Waals surface area contributed by atoms with Gasteiger partial charge in [0.2, 0.25) is 5.91 Å². The molecule has 0 aromatic heterocycles. The van der Waals surface area contributed by atoms with Gasteiger partial charge in [0.1, 0.15) is 5.75 Å². The molecule has 1 unspecified atom stereocenters. The van der Waals surface area contributed by atoms with Crippen molar-refractivity contribution in [3.05, 3.63) is 42.0 Å². The Balaban J connectivity index is 1.80. The van der Waals surface area contributed by atoms with E-state index in [1.807, 2.05) is 24.3 Å². The molecular weight excluding hydrogens is 280 g/mol. The molecule has 2 N–H and O–H groups in total. The first-order valence-corrected chi connectivity index (χ1v) is 7.31. The third-order valence-corrected chi connectivity index (χ3v) is 4.07. The van der Waals surface area contributed by atoms with Gasteiger partial charge in [0.15, 0.2) is 0 Å². The van der Waals surface area contributed by atoms with Crippen LogP contribution in [0, 0.1) is 0 Å². The number of carbonyl (C=O) groups excluding carboxylic acids is 2. The number of hydrogen-bond donors (Lipinski definition) is 2. The van der Waals surface area contributed by atoms with Gasteiger partial charge in [-0.2, -0.15) is 0 Å². The molecule has 1 atom stereocenters. The van der Waals surface area contributed by atoms with E-state index in [4.69, 9.17) is 0 Å². The van der Waals surface area contributed by atoms with Crippen LogP contribution in [0.5, 0.6) is 5.75 Å². The van der Waals surface area contributed by atoms with E-state index in [9.17, 15) is 14.7 Å². The first kappa shape index (κ1) is 14.4. The maximum absolute atomic E-state index is 12.4. The molecule has 1 aliphatic rings. The highest BCUT2D eigenvalue weighted by Crippen LogP contribution is 2.25. The van der Waals surface area contributed by atoms with E-state index in [1.54, 1.807) is 24.1 Å². The molecule has 1 fully saturated rings. The lowest BCUT2D eigenvalue weighted by Crippen LogP contribution is -2.48. The molecule has 1 saturated heterocycles. The summed E-state index contributed by atoms with van der Waals surface area (Å²) < 4.78 is 0. The molecule has 0 radical (unpaired) electrons. The third-order valence-electron chi connectivity index (χ3n) is 4.07. The largest absolute Gasteiger partial charge is 0.507 e. The molecule has 2 aromatic rings. The van der Waals surface area contributed by atoms with Crippen LogP contribution in [-0.4, -0.2) is 41.5 Å². The van der Waals surface area contributed by atoms with Crippen molar-refractivity contribution in [2.24, 2.45) is 0 Å². The van der Waals surface area contributed by atoms with Crippen LogP contribution in [-0.2, 0) is 4.79 Å². The smallest absolute Gasteiger partial charge is 0.255 e.